The molecule has 0 aliphatic rings. The number of aliphatic imine (C=N–C) groups is 1. The van der Waals surface area contributed by atoms with Crippen molar-refractivity contribution in [1.82, 2.24) is 30.0 Å². The van der Waals surface area contributed by atoms with Crippen molar-refractivity contribution in [3.05, 3.63) is 60.8 Å². The van der Waals surface area contributed by atoms with Gasteiger partial charge in [0, 0.05) is 39.6 Å². The highest BCUT2D eigenvalue weighted by Crippen LogP contribution is 2.16. The summed E-state index contributed by atoms with van der Waals surface area (Å²) >= 11 is 0. The minimum absolute atomic E-state index is 0. The van der Waals surface area contributed by atoms with Crippen LogP contribution in [0.4, 0.5) is 0 Å². The Morgan fingerprint density at radius 1 is 1.26 bits per heavy atom. The largest absolute Gasteiger partial charge is 0.356 e. The molecule has 0 radical (unpaired) electrons. The van der Waals surface area contributed by atoms with Gasteiger partial charge in [-0.25, -0.2) is 4.98 Å². The van der Waals surface area contributed by atoms with Crippen LogP contribution in [0.2, 0.25) is 0 Å². The van der Waals surface area contributed by atoms with Crippen LogP contribution in [-0.2, 0) is 13.1 Å². The number of aryl methyl sites for hydroxylation is 1. The number of halogens is 1. The number of nitrogens with one attached hydrogen (secondary N) is 2. The Morgan fingerprint density at radius 3 is 2.78 bits per heavy atom. The number of rotatable bonds is 7. The molecule has 3 rings (SSSR count). The second kappa shape index (κ2) is 10.7. The summed E-state index contributed by atoms with van der Waals surface area (Å²) in [4.78, 5) is 14.3. The molecule has 8 heteroatoms. The third-order valence-electron chi connectivity index (χ3n) is 4.08. The number of aromatic amines is 1. The molecule has 0 amide bonds. The van der Waals surface area contributed by atoms with Gasteiger partial charge in [0.05, 0.1) is 18.4 Å². The molecule has 0 aliphatic carbocycles. The summed E-state index contributed by atoms with van der Waals surface area (Å²) in [5, 5.41) is 7.59. The van der Waals surface area contributed by atoms with E-state index in [9.17, 15) is 0 Å². The van der Waals surface area contributed by atoms with Gasteiger partial charge in [0.25, 0.3) is 0 Å². The number of guanidine groups is 1. The Hall–Kier alpha value is -2.36. The highest BCUT2D eigenvalue weighted by molar-refractivity contribution is 14.0. The van der Waals surface area contributed by atoms with Gasteiger partial charge >= 0.3 is 0 Å². The topological polar surface area (TPSA) is 74.1 Å². The van der Waals surface area contributed by atoms with E-state index in [-0.39, 0.29) is 24.0 Å². The third kappa shape index (κ3) is 6.09. The van der Waals surface area contributed by atoms with Gasteiger partial charge in [-0.3, -0.25) is 9.67 Å². The van der Waals surface area contributed by atoms with Crippen molar-refractivity contribution in [2.45, 2.75) is 19.5 Å². The first-order chi connectivity index (χ1) is 12.8. The number of aromatic nitrogens is 4. The van der Waals surface area contributed by atoms with Gasteiger partial charge in [-0.2, -0.15) is 5.10 Å². The zero-order chi connectivity index (χ0) is 18.2. The molecule has 0 unspecified atom stereocenters. The fourth-order valence-corrected chi connectivity index (χ4v) is 2.77. The normalized spacial score (nSPS) is 11.1. The van der Waals surface area contributed by atoms with Crippen LogP contribution >= 0.6 is 24.0 Å². The van der Waals surface area contributed by atoms with Crippen LogP contribution in [0.15, 0.2) is 60.0 Å². The van der Waals surface area contributed by atoms with Crippen molar-refractivity contribution < 1.29 is 0 Å². The van der Waals surface area contributed by atoms with Crippen LogP contribution < -0.4 is 5.32 Å². The second-order valence-electron chi connectivity index (χ2n) is 6.06. The number of imidazole rings is 1. The maximum Gasteiger partial charge on any atom is 0.193 e. The van der Waals surface area contributed by atoms with Crippen LogP contribution in [0, 0.1) is 0 Å². The van der Waals surface area contributed by atoms with Crippen LogP contribution in [0.5, 0.6) is 0 Å². The van der Waals surface area contributed by atoms with Gasteiger partial charge in [-0.15, -0.1) is 24.0 Å². The van der Waals surface area contributed by atoms with Crippen LogP contribution in [0.3, 0.4) is 0 Å². The highest BCUT2D eigenvalue weighted by Gasteiger charge is 2.09. The predicted octanol–water partition coefficient (Wildman–Crippen LogP) is 2.99. The lowest BCUT2D eigenvalue weighted by Gasteiger charge is -2.21. The van der Waals surface area contributed by atoms with Gasteiger partial charge < -0.3 is 15.2 Å². The summed E-state index contributed by atoms with van der Waals surface area (Å²) in [5.74, 6) is 1.76. The Kier molecular flexibility index (Phi) is 8.31. The van der Waals surface area contributed by atoms with E-state index in [1.807, 2.05) is 48.4 Å². The summed E-state index contributed by atoms with van der Waals surface area (Å²) in [7, 11) is 3.80. The lowest BCUT2D eigenvalue weighted by Crippen LogP contribution is -2.39. The van der Waals surface area contributed by atoms with Gasteiger partial charge in [0.2, 0.25) is 0 Å². The zero-order valence-electron chi connectivity index (χ0n) is 15.7. The maximum absolute atomic E-state index is 4.49. The van der Waals surface area contributed by atoms with E-state index in [1.165, 1.54) is 0 Å². The molecule has 7 nitrogen and oxygen atoms in total. The molecule has 0 aliphatic heterocycles. The minimum Gasteiger partial charge on any atom is -0.356 e. The Morgan fingerprint density at radius 2 is 2.07 bits per heavy atom. The zero-order valence-corrected chi connectivity index (χ0v) is 18.0. The minimum atomic E-state index is 0. The van der Waals surface area contributed by atoms with Crippen LogP contribution in [0.25, 0.3) is 11.3 Å². The van der Waals surface area contributed by atoms with Gasteiger partial charge in [0.15, 0.2) is 5.96 Å². The maximum atomic E-state index is 4.49. The summed E-state index contributed by atoms with van der Waals surface area (Å²) in [6, 6.07) is 12.1. The molecule has 0 spiro atoms. The van der Waals surface area contributed by atoms with E-state index in [0.717, 1.165) is 42.6 Å². The molecular weight excluding hydrogens is 453 g/mol. The lowest BCUT2D eigenvalue weighted by molar-refractivity contribution is 0.459. The predicted molar refractivity (Wildman–Crippen MR) is 119 cm³/mol. The first-order valence-corrected chi connectivity index (χ1v) is 8.75. The van der Waals surface area contributed by atoms with Crippen LogP contribution in [0.1, 0.15) is 12.2 Å². The first kappa shape index (κ1) is 20.9. The fourth-order valence-electron chi connectivity index (χ4n) is 2.77. The summed E-state index contributed by atoms with van der Waals surface area (Å²) in [6.07, 6.45) is 6.63. The molecule has 3 aromatic rings. The van der Waals surface area contributed by atoms with Crippen molar-refractivity contribution >= 4 is 29.9 Å². The van der Waals surface area contributed by atoms with Gasteiger partial charge in [-0.05, 0) is 18.1 Å². The number of H-pyrrole nitrogens is 1. The second-order valence-corrected chi connectivity index (χ2v) is 6.06. The molecule has 2 aromatic heterocycles. The van der Waals surface area contributed by atoms with E-state index < -0.39 is 0 Å². The number of hydrogen-bond acceptors (Lipinski definition) is 3. The summed E-state index contributed by atoms with van der Waals surface area (Å²) in [6.45, 7) is 2.38. The third-order valence-corrected chi connectivity index (χ3v) is 4.08. The number of nitrogens with zero attached hydrogens (tertiary/aromatic N) is 5. The average molecular weight is 479 g/mol. The Bertz CT molecular complexity index is 812. The Labute approximate surface area is 176 Å². The van der Waals surface area contributed by atoms with Crippen molar-refractivity contribution in [2.24, 2.45) is 4.99 Å². The molecule has 1 aromatic carbocycles. The van der Waals surface area contributed by atoms with E-state index in [2.05, 4.69) is 42.4 Å². The quantitative estimate of drug-likeness (QED) is 0.237. The molecule has 2 heterocycles. The monoisotopic (exact) mass is 479 g/mol. The first-order valence-electron chi connectivity index (χ1n) is 8.75. The standard InChI is InChI=1S/C19H25N7.HI/c1-20-19(21-10-6-12-26-13-7-11-23-26)25(2)15-18-22-14-17(24-18)16-8-4-3-5-9-16;/h3-5,7-9,11,13-14H,6,10,12,15H2,1-2H3,(H,20,21)(H,22,24);1H. The molecule has 0 saturated carbocycles. The molecule has 0 atom stereocenters. The Balaban J connectivity index is 0.00000261. The smallest absolute Gasteiger partial charge is 0.193 e. The van der Waals surface area contributed by atoms with Crippen molar-refractivity contribution in [3.8, 4) is 11.3 Å². The van der Waals surface area contributed by atoms with E-state index >= 15 is 0 Å². The molecule has 0 saturated heterocycles. The van der Waals surface area contributed by atoms with E-state index in [0.29, 0.717) is 6.54 Å². The van der Waals surface area contributed by atoms with Gasteiger partial charge in [-0.1, -0.05) is 30.3 Å². The SMILES string of the molecule is CN=C(NCCCn1cccn1)N(C)Cc1ncc(-c2ccccc2)[nH]1.I. The van der Waals surface area contributed by atoms with Crippen molar-refractivity contribution in [1.29, 1.82) is 0 Å². The average Bonchev–Trinajstić information content (AvgIpc) is 3.34. The lowest BCUT2D eigenvalue weighted by atomic mass is 10.2. The number of benzene rings is 1. The molecule has 0 fully saturated rings. The molecule has 2 N–H and O–H groups in total. The number of hydrogen-bond donors (Lipinski definition) is 2. The highest BCUT2D eigenvalue weighted by atomic mass is 127. The summed E-state index contributed by atoms with van der Waals surface area (Å²) < 4.78 is 1.93. The van der Waals surface area contributed by atoms with Crippen molar-refractivity contribution in [2.75, 3.05) is 20.6 Å². The van der Waals surface area contributed by atoms with Gasteiger partial charge in [0.1, 0.15) is 5.82 Å². The summed E-state index contributed by atoms with van der Waals surface area (Å²) in [5.41, 5.74) is 2.16. The fraction of sp³-hybridized carbons (Fsp3) is 0.316. The molecular formula is C19H26IN7. The van der Waals surface area contributed by atoms with E-state index in [1.54, 1.807) is 13.2 Å². The van der Waals surface area contributed by atoms with E-state index in [4.69, 9.17) is 0 Å². The molecule has 0 bridgehead atoms. The van der Waals surface area contributed by atoms with Crippen molar-refractivity contribution in [3.63, 3.8) is 0 Å². The van der Waals surface area contributed by atoms with Crippen LogP contribution in [-0.4, -0.2) is 51.2 Å². The molecule has 144 valence electrons. The molecule has 27 heavy (non-hydrogen) atoms.